The third-order valence-electron chi connectivity index (χ3n) is 3.82. The summed E-state index contributed by atoms with van der Waals surface area (Å²) in [5, 5.41) is 12.1. The number of aromatic hydroxyl groups is 1. The lowest BCUT2D eigenvalue weighted by Gasteiger charge is -2.14. The van der Waals surface area contributed by atoms with Gasteiger partial charge in [-0.3, -0.25) is 0 Å². The summed E-state index contributed by atoms with van der Waals surface area (Å²) in [4.78, 5) is 4.48. The van der Waals surface area contributed by atoms with Crippen LogP contribution in [0.25, 0.3) is 22.0 Å². The molecular formula is C16H15Cl2N3O. The van der Waals surface area contributed by atoms with Crippen molar-refractivity contribution in [2.24, 2.45) is 12.8 Å². The van der Waals surface area contributed by atoms with Crippen LogP contribution in [0, 0.1) is 6.92 Å². The lowest BCUT2D eigenvalue weighted by molar-refractivity contribution is 0.436. The molecule has 3 aromatic rings. The van der Waals surface area contributed by atoms with E-state index in [1.165, 1.54) is 0 Å². The molecule has 0 aliphatic rings. The number of benzene rings is 1. The van der Waals surface area contributed by atoms with E-state index in [1.807, 2.05) is 19.2 Å². The molecule has 0 aliphatic carbocycles. The fourth-order valence-corrected chi connectivity index (χ4v) is 3.23. The molecule has 3 N–H and O–H groups in total. The van der Waals surface area contributed by atoms with Crippen LogP contribution < -0.4 is 5.73 Å². The number of aryl methyl sites for hydroxylation is 2. The van der Waals surface area contributed by atoms with Crippen LogP contribution in [-0.4, -0.2) is 14.7 Å². The van der Waals surface area contributed by atoms with Crippen molar-refractivity contribution < 1.29 is 5.11 Å². The molecule has 0 saturated carbocycles. The minimum Gasteiger partial charge on any atom is -0.493 e. The lowest BCUT2D eigenvalue weighted by Crippen LogP contribution is -2.04. The summed E-state index contributed by atoms with van der Waals surface area (Å²) < 4.78 is 1.63. The summed E-state index contributed by atoms with van der Waals surface area (Å²) in [6, 6.07) is 5.35. The van der Waals surface area contributed by atoms with Crippen LogP contribution in [0.3, 0.4) is 0 Å². The molecule has 0 atom stereocenters. The van der Waals surface area contributed by atoms with Crippen LogP contribution in [0.15, 0.2) is 24.4 Å². The highest BCUT2D eigenvalue weighted by Crippen LogP contribution is 2.40. The maximum atomic E-state index is 10.2. The molecule has 2 heterocycles. The maximum Gasteiger partial charge on any atom is 0.218 e. The summed E-state index contributed by atoms with van der Waals surface area (Å²) in [5.41, 5.74) is 9.86. The Morgan fingerprint density at radius 3 is 2.68 bits per heavy atom. The first kappa shape index (κ1) is 15.2. The molecule has 2 aromatic heterocycles. The lowest BCUT2D eigenvalue weighted by atomic mass is 9.96. The highest BCUT2D eigenvalue weighted by molar-refractivity contribution is 6.36. The Balaban J connectivity index is 2.47. The Hall–Kier alpha value is -1.75. The number of nitrogens with two attached hydrogens (primary N) is 1. The van der Waals surface area contributed by atoms with E-state index in [4.69, 9.17) is 28.9 Å². The van der Waals surface area contributed by atoms with Crippen LogP contribution in [0.5, 0.6) is 5.88 Å². The number of nitrogens with zero attached hydrogens (tertiary/aromatic N) is 2. The summed E-state index contributed by atoms with van der Waals surface area (Å²) in [5.74, 6) is 0.119. The monoisotopic (exact) mass is 335 g/mol. The van der Waals surface area contributed by atoms with Crippen molar-refractivity contribution >= 4 is 34.1 Å². The molecule has 0 amide bonds. The zero-order valence-corrected chi connectivity index (χ0v) is 13.7. The van der Waals surface area contributed by atoms with Crippen LogP contribution >= 0.6 is 23.2 Å². The normalized spacial score (nSPS) is 11.3. The minimum absolute atomic E-state index is 0.119. The molecule has 0 fully saturated rings. The summed E-state index contributed by atoms with van der Waals surface area (Å²) in [7, 11) is 1.77. The average Bonchev–Trinajstić information content (AvgIpc) is 2.74. The molecule has 0 aliphatic heterocycles. The Morgan fingerprint density at radius 2 is 2.05 bits per heavy atom. The van der Waals surface area contributed by atoms with E-state index in [0.29, 0.717) is 22.1 Å². The van der Waals surface area contributed by atoms with Crippen molar-refractivity contribution in [1.29, 1.82) is 0 Å². The fourth-order valence-electron chi connectivity index (χ4n) is 2.72. The molecule has 0 radical (unpaired) electrons. The summed E-state index contributed by atoms with van der Waals surface area (Å²) in [6.07, 6.45) is 1.83. The second kappa shape index (κ2) is 5.47. The topological polar surface area (TPSA) is 64.1 Å². The van der Waals surface area contributed by atoms with Gasteiger partial charge < -0.3 is 15.4 Å². The van der Waals surface area contributed by atoms with Gasteiger partial charge in [-0.1, -0.05) is 29.3 Å². The number of aromatic nitrogens is 2. The second-order valence-corrected chi connectivity index (χ2v) is 6.05. The zero-order valence-electron chi connectivity index (χ0n) is 12.2. The third kappa shape index (κ3) is 2.24. The molecule has 3 rings (SSSR count). The summed E-state index contributed by atoms with van der Waals surface area (Å²) in [6.45, 7) is 2.21. The van der Waals surface area contributed by atoms with Gasteiger partial charge in [-0.05, 0) is 24.6 Å². The van der Waals surface area contributed by atoms with Crippen LogP contribution in [0.4, 0.5) is 0 Å². The van der Waals surface area contributed by atoms with E-state index >= 15 is 0 Å². The molecule has 0 saturated heterocycles. The van der Waals surface area contributed by atoms with E-state index in [2.05, 4.69) is 4.98 Å². The van der Waals surface area contributed by atoms with Gasteiger partial charge >= 0.3 is 0 Å². The van der Waals surface area contributed by atoms with Crippen LogP contribution in [-0.2, 0) is 13.6 Å². The van der Waals surface area contributed by atoms with Gasteiger partial charge in [-0.25, -0.2) is 4.98 Å². The van der Waals surface area contributed by atoms with Crippen molar-refractivity contribution in [3.05, 3.63) is 45.7 Å². The number of rotatable bonds is 2. The fraction of sp³-hybridized carbons (Fsp3) is 0.188. The van der Waals surface area contributed by atoms with E-state index in [0.717, 1.165) is 27.8 Å². The van der Waals surface area contributed by atoms with Crippen molar-refractivity contribution in [3.8, 4) is 17.0 Å². The van der Waals surface area contributed by atoms with Crippen molar-refractivity contribution in [3.63, 3.8) is 0 Å². The molecule has 0 spiro atoms. The summed E-state index contributed by atoms with van der Waals surface area (Å²) >= 11 is 12.4. The predicted molar refractivity (Wildman–Crippen MR) is 90.5 cm³/mol. The first-order valence-electron chi connectivity index (χ1n) is 6.77. The third-order valence-corrected chi connectivity index (χ3v) is 4.36. The molecular weight excluding hydrogens is 321 g/mol. The largest absolute Gasteiger partial charge is 0.493 e. The van der Waals surface area contributed by atoms with E-state index < -0.39 is 0 Å². The SMILES string of the molecule is Cc1nc2c(O)n(C)cc2c(-c2ccc(Cl)cc2Cl)c1CN. The van der Waals surface area contributed by atoms with Gasteiger partial charge in [-0.2, -0.15) is 0 Å². The van der Waals surface area contributed by atoms with Gasteiger partial charge in [0.2, 0.25) is 5.88 Å². The highest BCUT2D eigenvalue weighted by Gasteiger charge is 2.19. The van der Waals surface area contributed by atoms with E-state index in [1.54, 1.807) is 23.7 Å². The Bertz CT molecular complexity index is 887. The zero-order chi connectivity index (χ0) is 16.0. The number of fused-ring (bicyclic) bond motifs is 1. The van der Waals surface area contributed by atoms with Crippen molar-refractivity contribution in [1.82, 2.24) is 9.55 Å². The standard InChI is InChI=1S/C16H15Cl2N3O/c1-8-11(6-19)14(10-4-3-9(17)5-13(10)18)12-7-21(2)16(22)15(12)20-8/h3-5,7,22H,6,19H2,1-2H3. The maximum absolute atomic E-state index is 10.2. The minimum atomic E-state index is 0.119. The number of hydrogen-bond donors (Lipinski definition) is 2. The second-order valence-electron chi connectivity index (χ2n) is 5.20. The number of hydrogen-bond acceptors (Lipinski definition) is 3. The van der Waals surface area contributed by atoms with E-state index in [-0.39, 0.29) is 5.88 Å². The predicted octanol–water partition coefficient (Wildman–Crippen LogP) is 4.02. The highest BCUT2D eigenvalue weighted by atomic mass is 35.5. The Labute approximate surface area is 138 Å². The molecule has 4 nitrogen and oxygen atoms in total. The molecule has 0 unspecified atom stereocenters. The molecule has 114 valence electrons. The van der Waals surface area contributed by atoms with Crippen molar-refractivity contribution in [2.75, 3.05) is 0 Å². The first-order valence-corrected chi connectivity index (χ1v) is 7.52. The molecule has 6 heteroatoms. The van der Waals surface area contributed by atoms with Gasteiger partial charge in [0.25, 0.3) is 0 Å². The quantitative estimate of drug-likeness (QED) is 0.743. The van der Waals surface area contributed by atoms with Gasteiger partial charge in [0, 0.05) is 52.0 Å². The van der Waals surface area contributed by atoms with Crippen LogP contribution in [0.2, 0.25) is 10.0 Å². The number of pyridine rings is 1. The smallest absolute Gasteiger partial charge is 0.218 e. The first-order chi connectivity index (χ1) is 10.4. The average molecular weight is 336 g/mol. The van der Waals surface area contributed by atoms with Gasteiger partial charge in [0.05, 0.1) is 0 Å². The molecule has 0 bridgehead atoms. The van der Waals surface area contributed by atoms with Gasteiger partial charge in [0.1, 0.15) is 5.52 Å². The number of halogens is 2. The Morgan fingerprint density at radius 1 is 1.32 bits per heavy atom. The molecule has 1 aromatic carbocycles. The van der Waals surface area contributed by atoms with E-state index in [9.17, 15) is 5.11 Å². The van der Waals surface area contributed by atoms with Gasteiger partial charge in [0.15, 0.2) is 0 Å². The Kier molecular flexibility index (Phi) is 3.77. The van der Waals surface area contributed by atoms with Crippen LogP contribution in [0.1, 0.15) is 11.3 Å². The van der Waals surface area contributed by atoms with Gasteiger partial charge in [-0.15, -0.1) is 0 Å². The molecule has 22 heavy (non-hydrogen) atoms. The van der Waals surface area contributed by atoms with Crippen molar-refractivity contribution in [2.45, 2.75) is 13.5 Å².